The molecule has 5 nitrogen and oxygen atoms in total. The lowest BCUT2D eigenvalue weighted by atomic mass is 10.0. The summed E-state index contributed by atoms with van der Waals surface area (Å²) in [6.45, 7) is 1.80. The van der Waals surface area contributed by atoms with Gasteiger partial charge in [0.25, 0.3) is 0 Å². The van der Waals surface area contributed by atoms with Gasteiger partial charge in [0.2, 0.25) is 5.91 Å². The Morgan fingerprint density at radius 3 is 2.52 bits per heavy atom. The minimum atomic E-state index is -1.06. The number of carboxylic acid groups (broad SMARTS) is 1. The molecule has 0 saturated heterocycles. The van der Waals surface area contributed by atoms with E-state index in [9.17, 15) is 19.2 Å². The minimum Gasteiger partial charge on any atom is -0.481 e. The van der Waals surface area contributed by atoms with E-state index in [1.165, 1.54) is 23.5 Å². The summed E-state index contributed by atoms with van der Waals surface area (Å²) in [6, 6.07) is 7.80. The second kappa shape index (κ2) is 7.03. The van der Waals surface area contributed by atoms with Crippen molar-refractivity contribution in [2.75, 3.05) is 5.32 Å². The topological polar surface area (TPSA) is 90.2 Å². The van der Waals surface area contributed by atoms with E-state index in [4.69, 9.17) is 5.11 Å². The Balaban J connectivity index is 2.31. The summed E-state index contributed by atoms with van der Waals surface area (Å²) in [5, 5.41) is 20.9. The summed E-state index contributed by atoms with van der Waals surface area (Å²) < 4.78 is 13.0. The number of thiophene rings is 1. The molecule has 0 saturated carbocycles. The first-order valence-electron chi connectivity index (χ1n) is 6.73. The number of aliphatic carboxylic acids is 1. The first-order valence-corrected chi connectivity index (χ1v) is 7.55. The molecule has 1 aromatic heterocycles. The Labute approximate surface area is 136 Å². The van der Waals surface area contributed by atoms with Gasteiger partial charge in [0, 0.05) is 16.9 Å². The molecule has 118 valence electrons. The van der Waals surface area contributed by atoms with Crippen molar-refractivity contribution >= 4 is 28.2 Å². The number of anilines is 1. The lowest BCUT2D eigenvalue weighted by Gasteiger charge is -2.03. The van der Waals surface area contributed by atoms with Crippen LogP contribution in [0.3, 0.4) is 0 Å². The summed E-state index contributed by atoms with van der Waals surface area (Å²) in [5.41, 5.74) is 1.62. The Morgan fingerprint density at radius 2 is 1.96 bits per heavy atom. The van der Waals surface area contributed by atoms with Gasteiger partial charge < -0.3 is 10.4 Å². The maximum absolute atomic E-state index is 13.0. The van der Waals surface area contributed by atoms with E-state index in [1.807, 2.05) is 0 Å². The predicted octanol–water partition coefficient (Wildman–Crippen LogP) is 3.54. The van der Waals surface area contributed by atoms with E-state index < -0.39 is 11.9 Å². The zero-order chi connectivity index (χ0) is 17.0. The Bertz CT molecular complexity index is 791. The van der Waals surface area contributed by atoms with Gasteiger partial charge in [-0.15, -0.1) is 11.3 Å². The van der Waals surface area contributed by atoms with Crippen LogP contribution < -0.4 is 5.32 Å². The summed E-state index contributed by atoms with van der Waals surface area (Å²) in [6.07, 6.45) is -0.439. The zero-order valence-electron chi connectivity index (χ0n) is 12.2. The average molecular weight is 332 g/mol. The maximum atomic E-state index is 13.0. The maximum Gasteiger partial charge on any atom is 0.303 e. The first-order chi connectivity index (χ1) is 10.9. The third kappa shape index (κ3) is 3.93. The fourth-order valence-electron chi connectivity index (χ4n) is 2.11. The molecule has 0 aliphatic heterocycles. The molecule has 2 aromatic rings. The molecule has 0 fully saturated rings. The molecule has 0 atom stereocenters. The fraction of sp³-hybridized carbons (Fsp3) is 0.188. The predicted molar refractivity (Wildman–Crippen MR) is 84.7 cm³/mol. The van der Waals surface area contributed by atoms with Crippen molar-refractivity contribution in [3.05, 3.63) is 40.5 Å². The quantitative estimate of drug-likeness (QED) is 0.876. The molecule has 0 aliphatic carbocycles. The third-order valence-electron chi connectivity index (χ3n) is 3.15. The van der Waals surface area contributed by atoms with Crippen LogP contribution in [0.5, 0.6) is 0 Å². The number of rotatable bonds is 5. The molecule has 1 heterocycles. The molecule has 0 bridgehead atoms. The van der Waals surface area contributed by atoms with Crippen LogP contribution in [0.25, 0.3) is 11.1 Å². The van der Waals surface area contributed by atoms with Crippen molar-refractivity contribution in [1.82, 2.24) is 0 Å². The van der Waals surface area contributed by atoms with E-state index in [-0.39, 0.29) is 18.7 Å². The second-order valence-electron chi connectivity index (χ2n) is 4.80. The Morgan fingerprint density at radius 1 is 1.30 bits per heavy atom. The standard InChI is InChI=1S/C16H13FN2O3S/c1-9-15(10-2-4-11(17)5-3-10)12(8-18)16(23-9)19-13(20)6-7-14(21)22/h2-5H,6-7H2,1H3,(H,19,20)(H,21,22). The normalized spacial score (nSPS) is 10.1. The van der Waals surface area contributed by atoms with Crippen molar-refractivity contribution in [2.45, 2.75) is 19.8 Å². The Kier molecular flexibility index (Phi) is 5.09. The number of halogens is 1. The molecule has 0 radical (unpaired) electrons. The van der Waals surface area contributed by atoms with Crippen molar-refractivity contribution in [3.63, 3.8) is 0 Å². The van der Waals surface area contributed by atoms with Crippen molar-refractivity contribution in [1.29, 1.82) is 5.26 Å². The number of nitrogens with zero attached hydrogens (tertiary/aromatic N) is 1. The van der Waals surface area contributed by atoms with Crippen LogP contribution in [0.4, 0.5) is 9.39 Å². The molecular weight excluding hydrogens is 319 g/mol. The van der Waals surface area contributed by atoms with Crippen LogP contribution in [-0.2, 0) is 9.59 Å². The van der Waals surface area contributed by atoms with E-state index in [0.29, 0.717) is 21.7 Å². The molecule has 1 amide bonds. The monoisotopic (exact) mass is 332 g/mol. The molecule has 2 rings (SSSR count). The number of hydrogen-bond donors (Lipinski definition) is 2. The van der Waals surface area contributed by atoms with Gasteiger partial charge in [0.15, 0.2) is 0 Å². The third-order valence-corrected chi connectivity index (χ3v) is 4.17. The largest absolute Gasteiger partial charge is 0.481 e. The second-order valence-corrected chi connectivity index (χ2v) is 6.02. The molecule has 0 unspecified atom stereocenters. The van der Waals surface area contributed by atoms with Crippen LogP contribution >= 0.6 is 11.3 Å². The highest BCUT2D eigenvalue weighted by Crippen LogP contribution is 2.39. The minimum absolute atomic E-state index is 0.164. The van der Waals surface area contributed by atoms with Gasteiger partial charge in [-0.1, -0.05) is 12.1 Å². The van der Waals surface area contributed by atoms with Gasteiger partial charge in [-0.05, 0) is 24.6 Å². The lowest BCUT2D eigenvalue weighted by molar-refractivity contribution is -0.138. The first kappa shape index (κ1) is 16.6. The molecule has 2 N–H and O–H groups in total. The van der Waals surface area contributed by atoms with Crippen LogP contribution in [0.1, 0.15) is 23.3 Å². The van der Waals surface area contributed by atoms with Gasteiger partial charge in [-0.25, -0.2) is 4.39 Å². The van der Waals surface area contributed by atoms with Crippen LogP contribution in [-0.4, -0.2) is 17.0 Å². The van der Waals surface area contributed by atoms with Crippen molar-refractivity contribution in [3.8, 4) is 17.2 Å². The zero-order valence-corrected chi connectivity index (χ0v) is 13.0. The van der Waals surface area contributed by atoms with E-state index >= 15 is 0 Å². The summed E-state index contributed by atoms with van der Waals surface area (Å²) >= 11 is 1.23. The number of carbonyl (C=O) groups is 2. The SMILES string of the molecule is Cc1sc(NC(=O)CCC(=O)O)c(C#N)c1-c1ccc(F)cc1. The van der Waals surface area contributed by atoms with E-state index in [0.717, 1.165) is 4.88 Å². The van der Waals surface area contributed by atoms with E-state index in [2.05, 4.69) is 11.4 Å². The smallest absolute Gasteiger partial charge is 0.303 e. The number of amides is 1. The molecule has 1 aromatic carbocycles. The highest BCUT2D eigenvalue weighted by molar-refractivity contribution is 7.17. The summed E-state index contributed by atoms with van der Waals surface area (Å²) in [7, 11) is 0. The van der Waals surface area contributed by atoms with Crippen molar-refractivity contribution < 1.29 is 19.1 Å². The molecule has 0 aliphatic rings. The van der Waals surface area contributed by atoms with Gasteiger partial charge >= 0.3 is 5.97 Å². The summed E-state index contributed by atoms with van der Waals surface area (Å²) in [5.74, 6) is -1.90. The number of nitrogens with one attached hydrogen (secondary N) is 1. The van der Waals surface area contributed by atoms with Crippen molar-refractivity contribution in [2.24, 2.45) is 0 Å². The number of benzene rings is 1. The van der Waals surface area contributed by atoms with Gasteiger partial charge in [-0.3, -0.25) is 9.59 Å². The van der Waals surface area contributed by atoms with Crippen LogP contribution in [0.2, 0.25) is 0 Å². The number of nitriles is 1. The number of hydrogen-bond acceptors (Lipinski definition) is 4. The lowest BCUT2D eigenvalue weighted by Crippen LogP contribution is -2.13. The number of carbonyl (C=O) groups excluding carboxylic acids is 1. The molecule has 23 heavy (non-hydrogen) atoms. The number of carboxylic acids is 1. The molecule has 0 spiro atoms. The van der Waals surface area contributed by atoms with Gasteiger partial charge in [-0.2, -0.15) is 5.26 Å². The summed E-state index contributed by atoms with van der Waals surface area (Å²) in [4.78, 5) is 23.1. The van der Waals surface area contributed by atoms with Crippen LogP contribution in [0, 0.1) is 24.1 Å². The van der Waals surface area contributed by atoms with Crippen LogP contribution in [0.15, 0.2) is 24.3 Å². The van der Waals surface area contributed by atoms with Gasteiger partial charge in [0.1, 0.15) is 16.9 Å². The highest BCUT2D eigenvalue weighted by Gasteiger charge is 2.19. The molecular formula is C16H13FN2O3S. The Hall–Kier alpha value is -2.72. The number of aryl methyl sites for hydroxylation is 1. The average Bonchev–Trinajstić information content (AvgIpc) is 2.81. The molecule has 7 heteroatoms. The fourth-order valence-corrected chi connectivity index (χ4v) is 3.16. The highest BCUT2D eigenvalue weighted by atomic mass is 32.1. The van der Waals surface area contributed by atoms with E-state index in [1.54, 1.807) is 19.1 Å². The van der Waals surface area contributed by atoms with Gasteiger partial charge in [0.05, 0.1) is 12.0 Å².